The van der Waals surface area contributed by atoms with E-state index in [0.717, 1.165) is 0 Å². The van der Waals surface area contributed by atoms with E-state index in [1.165, 1.54) is 21.2 Å². The summed E-state index contributed by atoms with van der Waals surface area (Å²) >= 11 is 16.9. The second kappa shape index (κ2) is 5.97. The first-order valence-corrected chi connectivity index (χ1v) is 35.3. The number of hydrogen-bond donors (Lipinski definition) is 1. The zero-order valence-corrected chi connectivity index (χ0v) is 24.4. The second-order valence-electron chi connectivity index (χ2n) is 8.20. The summed E-state index contributed by atoms with van der Waals surface area (Å²) in [5, 5.41) is 0. The van der Waals surface area contributed by atoms with Gasteiger partial charge in [-0.3, -0.25) is 0 Å². The molecule has 0 aliphatic heterocycles. The van der Waals surface area contributed by atoms with E-state index in [1.807, 2.05) is 0 Å². The molecule has 0 amide bonds. The molecule has 0 heterocycles. The van der Waals surface area contributed by atoms with Crippen molar-refractivity contribution in [1.29, 1.82) is 0 Å². The maximum atomic E-state index is 4.39. The van der Waals surface area contributed by atoms with E-state index in [9.17, 15) is 0 Å². The van der Waals surface area contributed by atoms with Crippen molar-refractivity contribution in [3.8, 4) is 0 Å². The van der Waals surface area contributed by atoms with Crippen LogP contribution < -0.4 is 3.26 Å². The van der Waals surface area contributed by atoms with Crippen molar-refractivity contribution in [2.75, 3.05) is 0 Å². The van der Waals surface area contributed by atoms with Crippen molar-refractivity contribution in [3.05, 3.63) is 39.4 Å². The van der Waals surface area contributed by atoms with Gasteiger partial charge in [0.2, 0.25) is 0 Å². The average Bonchev–Trinajstić information content (AvgIpc) is 2.64. The molecule has 130 valence electrons. The van der Waals surface area contributed by atoms with Crippen LogP contribution in [0.25, 0.3) is 6.08 Å². The van der Waals surface area contributed by atoms with E-state index in [4.69, 9.17) is 0 Å². The molecule has 0 radical (unpaired) electrons. The summed E-state index contributed by atoms with van der Waals surface area (Å²) in [7, 11) is -4.31. The van der Waals surface area contributed by atoms with Crippen LogP contribution in [0.1, 0.15) is 42.4 Å². The van der Waals surface area contributed by atoms with Crippen molar-refractivity contribution >= 4 is 64.6 Å². The molecule has 1 aromatic carbocycles. The third-order valence-electron chi connectivity index (χ3n) is 4.80. The molecular formula is C16H25Br4NSiZr. The summed E-state index contributed by atoms with van der Waals surface area (Å²) in [4.78, 5) is 0. The molecule has 0 aromatic heterocycles. The van der Waals surface area contributed by atoms with Crippen LogP contribution in [0.2, 0.25) is 13.1 Å². The zero-order valence-electron chi connectivity index (χ0n) is 14.5. The molecule has 1 nitrogen and oxygen atoms in total. The number of rotatable bonds is 3. The molecule has 1 atom stereocenters. The monoisotopic (exact) mass is 665 g/mol. The summed E-state index contributed by atoms with van der Waals surface area (Å²) < 4.78 is 5.58. The van der Waals surface area contributed by atoms with Crippen molar-refractivity contribution in [1.82, 2.24) is 3.26 Å². The molecule has 23 heavy (non-hydrogen) atoms. The van der Waals surface area contributed by atoms with Gasteiger partial charge in [0.25, 0.3) is 0 Å². The topological polar surface area (TPSA) is 12.0 Å². The Morgan fingerprint density at radius 3 is 2.17 bits per heavy atom. The van der Waals surface area contributed by atoms with Crippen LogP contribution >= 0.6 is 52.6 Å². The van der Waals surface area contributed by atoms with Gasteiger partial charge < -0.3 is 0 Å². The third kappa shape index (κ3) is 3.68. The van der Waals surface area contributed by atoms with E-state index in [1.54, 1.807) is 0 Å². The SMILES string of the molecule is CC1=Cc2c(Br)cccc2[CH]1[Zr]([Br])([Br])([Br])([NH]C(C)(C)C)[SiH](C)C. The molecule has 0 saturated heterocycles. The van der Waals surface area contributed by atoms with Crippen LogP contribution in [0.3, 0.4) is 0 Å². The minimum absolute atomic E-state index is 0.000201. The van der Waals surface area contributed by atoms with Gasteiger partial charge in [-0.2, -0.15) is 0 Å². The van der Waals surface area contributed by atoms with Gasteiger partial charge in [-0.15, -0.1) is 0 Å². The fourth-order valence-electron chi connectivity index (χ4n) is 3.77. The zero-order chi connectivity index (χ0) is 17.9. The molecule has 0 fully saturated rings. The van der Waals surface area contributed by atoms with Gasteiger partial charge in [0.1, 0.15) is 0 Å². The quantitative estimate of drug-likeness (QED) is 0.332. The van der Waals surface area contributed by atoms with Crippen molar-refractivity contribution in [3.63, 3.8) is 0 Å². The Bertz CT molecular complexity index is 698. The fourth-order valence-corrected chi connectivity index (χ4v) is 48.3. The molecule has 1 unspecified atom stereocenters. The summed E-state index contributed by atoms with van der Waals surface area (Å²) in [6.45, 7) is 13.9. The van der Waals surface area contributed by atoms with Gasteiger partial charge in [-0.05, 0) is 0 Å². The molecule has 2 rings (SSSR count). The molecule has 0 spiro atoms. The number of benzene rings is 1. The van der Waals surface area contributed by atoms with E-state index in [0.29, 0.717) is 3.63 Å². The Hall–Kier alpha value is 1.94. The molecule has 1 aromatic rings. The first kappa shape index (κ1) is 21.2. The third-order valence-corrected chi connectivity index (χ3v) is 98.4. The summed E-state index contributed by atoms with van der Waals surface area (Å²) in [6, 6.07) is 6.55. The van der Waals surface area contributed by atoms with Crippen LogP contribution in [0, 0.1) is 0 Å². The normalized spacial score (nSPS) is 21.7. The summed E-state index contributed by atoms with van der Waals surface area (Å²) in [6.07, 6.45) is 2.34. The Kier molecular flexibility index (Phi) is 5.51. The molecule has 0 bridgehead atoms. The molecule has 0 saturated carbocycles. The molecule has 1 aliphatic carbocycles. The Morgan fingerprint density at radius 1 is 1.13 bits per heavy atom. The van der Waals surface area contributed by atoms with Crippen LogP contribution in [-0.2, 0) is 9.70 Å². The number of halogens is 4. The van der Waals surface area contributed by atoms with Crippen molar-refractivity contribution in [2.24, 2.45) is 0 Å². The second-order valence-corrected chi connectivity index (χ2v) is 110. The summed E-state index contributed by atoms with van der Waals surface area (Å²) in [5.74, 6) is -1.21. The first-order chi connectivity index (χ1) is 10.1. The van der Waals surface area contributed by atoms with E-state index in [-0.39, 0.29) is 5.54 Å². The number of allylic oxidation sites excluding steroid dienone is 1. The van der Waals surface area contributed by atoms with Gasteiger partial charge in [0.15, 0.2) is 0 Å². The standard InChI is InChI=1S/C10H8Br.C4H10N.C2H7Si.3BrH.Zr/c1-7-5-8-3-2-4-10(11)9(8)6-7;1-4(2,3)5;1-3-2;;;;/h2-6H,1H3;5H,1-3H3;3H,1-2H3;3*1H;/q;-1;;;;;+4/p-3. The van der Waals surface area contributed by atoms with E-state index < -0.39 is 15.6 Å². The number of nitrogens with one attached hydrogen (secondary N) is 1. The van der Waals surface area contributed by atoms with E-state index >= 15 is 0 Å². The first-order valence-electron chi connectivity index (χ1n) is 7.89. The van der Waals surface area contributed by atoms with Gasteiger partial charge in [0, 0.05) is 0 Å². The maximum absolute atomic E-state index is 4.39. The molecule has 1 N–H and O–H groups in total. The van der Waals surface area contributed by atoms with Gasteiger partial charge in [-0.1, -0.05) is 0 Å². The van der Waals surface area contributed by atoms with Crippen LogP contribution in [0.15, 0.2) is 28.2 Å². The Balaban J connectivity index is 2.80. The van der Waals surface area contributed by atoms with Crippen molar-refractivity contribution < 1.29 is 9.70 Å². The van der Waals surface area contributed by atoms with Gasteiger partial charge in [-0.25, -0.2) is 0 Å². The van der Waals surface area contributed by atoms with Crippen molar-refractivity contribution in [2.45, 2.75) is 50.0 Å². The molecular weight excluding hydrogens is 645 g/mol. The number of hydrogen-bond acceptors (Lipinski definition) is 1. The Labute approximate surface area is 164 Å². The minimum atomic E-state index is -4.31. The van der Waals surface area contributed by atoms with Gasteiger partial charge in [0.05, 0.1) is 0 Å². The van der Waals surface area contributed by atoms with Crippen LogP contribution in [0.5, 0.6) is 0 Å². The fraction of sp³-hybridized carbons (Fsp3) is 0.500. The van der Waals surface area contributed by atoms with Crippen LogP contribution in [-0.4, -0.2) is 11.5 Å². The predicted molar refractivity (Wildman–Crippen MR) is 119 cm³/mol. The molecule has 7 heteroatoms. The summed E-state index contributed by atoms with van der Waals surface area (Å²) in [5.41, 5.74) is 4.13. The number of fused-ring (bicyclic) bond motifs is 1. The van der Waals surface area contributed by atoms with Gasteiger partial charge >= 0.3 is 167 Å². The average molecular weight is 670 g/mol. The van der Waals surface area contributed by atoms with Crippen LogP contribution in [0.4, 0.5) is 0 Å². The predicted octanol–water partition coefficient (Wildman–Crippen LogP) is 7.35. The van der Waals surface area contributed by atoms with E-state index in [2.05, 4.69) is 121 Å². The Morgan fingerprint density at radius 2 is 1.70 bits per heavy atom. The molecule has 1 aliphatic rings.